The zero-order valence-electron chi connectivity index (χ0n) is 19.1. The highest BCUT2D eigenvalue weighted by atomic mass is 32.2. The fourth-order valence-corrected chi connectivity index (χ4v) is 6.11. The summed E-state index contributed by atoms with van der Waals surface area (Å²) in [5.74, 6) is 0.904. The molecule has 1 heterocycles. The van der Waals surface area contributed by atoms with Crippen LogP contribution in [0.2, 0.25) is 0 Å². The molecule has 9 nitrogen and oxygen atoms in total. The molecule has 1 spiro atoms. The number of sulfonamides is 1. The van der Waals surface area contributed by atoms with Gasteiger partial charge in [-0.15, -0.1) is 0 Å². The predicted molar refractivity (Wildman–Crippen MR) is 125 cm³/mol. The van der Waals surface area contributed by atoms with E-state index < -0.39 is 33.8 Å². The number of methoxy groups -OCH3 is 1. The zero-order valence-corrected chi connectivity index (χ0v) is 19.9. The Kier molecular flexibility index (Phi) is 7.46. The van der Waals surface area contributed by atoms with Crippen molar-refractivity contribution >= 4 is 10.0 Å². The van der Waals surface area contributed by atoms with Crippen molar-refractivity contribution in [1.82, 2.24) is 9.62 Å². The third-order valence-corrected chi connectivity index (χ3v) is 7.94. The highest BCUT2D eigenvalue weighted by Gasteiger charge is 2.46. The summed E-state index contributed by atoms with van der Waals surface area (Å²) in [6.07, 6.45) is -2.18. The van der Waals surface area contributed by atoms with Gasteiger partial charge in [-0.3, -0.25) is 4.90 Å². The molecule has 1 aliphatic carbocycles. The Bertz CT molecular complexity index is 1080. The van der Waals surface area contributed by atoms with Gasteiger partial charge in [-0.2, -0.15) is 0 Å². The number of aliphatic hydroxyl groups is 3. The maximum absolute atomic E-state index is 12.9. The molecule has 1 saturated carbocycles. The number of benzene rings is 2. The highest BCUT2D eigenvalue weighted by molar-refractivity contribution is 7.89. The zero-order chi connectivity index (χ0) is 24.3. The maximum Gasteiger partial charge on any atom is 0.244 e. The van der Waals surface area contributed by atoms with E-state index in [1.807, 2.05) is 29.2 Å². The number of hydrogen-bond acceptors (Lipinski definition) is 8. The van der Waals surface area contributed by atoms with Crippen LogP contribution in [0.1, 0.15) is 18.4 Å². The topological polar surface area (TPSA) is 129 Å². The lowest BCUT2D eigenvalue weighted by Crippen LogP contribution is -2.46. The van der Waals surface area contributed by atoms with Gasteiger partial charge >= 0.3 is 0 Å². The van der Waals surface area contributed by atoms with E-state index in [4.69, 9.17) is 9.47 Å². The summed E-state index contributed by atoms with van der Waals surface area (Å²) in [7, 11) is -2.32. The molecule has 0 amide bonds. The summed E-state index contributed by atoms with van der Waals surface area (Å²) >= 11 is 0. The first-order chi connectivity index (χ1) is 16.2. The Balaban J connectivity index is 1.68. The van der Waals surface area contributed by atoms with Crippen LogP contribution in [-0.4, -0.2) is 80.3 Å². The van der Waals surface area contributed by atoms with Crippen molar-refractivity contribution in [3.63, 3.8) is 0 Å². The Morgan fingerprint density at radius 3 is 2.59 bits per heavy atom. The molecule has 4 atom stereocenters. The second-order valence-corrected chi connectivity index (χ2v) is 11.0. The number of hydrogen-bond donors (Lipinski definition) is 4. The minimum Gasteiger partial charge on any atom is -0.497 e. The van der Waals surface area contributed by atoms with E-state index >= 15 is 0 Å². The van der Waals surface area contributed by atoms with E-state index in [0.717, 1.165) is 5.56 Å². The largest absolute Gasteiger partial charge is 0.497 e. The van der Waals surface area contributed by atoms with Gasteiger partial charge in [0.15, 0.2) is 0 Å². The number of β-amino-alcohol motifs (C(OH)–C–C–N with tert-alkyl or cyclic N) is 1. The van der Waals surface area contributed by atoms with Gasteiger partial charge in [0.25, 0.3) is 0 Å². The molecule has 0 aromatic heterocycles. The van der Waals surface area contributed by atoms with Crippen LogP contribution in [0.25, 0.3) is 0 Å². The molecule has 10 heteroatoms. The van der Waals surface area contributed by atoms with Crippen LogP contribution in [0, 0.1) is 5.41 Å². The molecule has 186 valence electrons. The summed E-state index contributed by atoms with van der Waals surface area (Å²) in [6.45, 7) is 1.03. The fourth-order valence-electron chi connectivity index (χ4n) is 4.89. The number of aliphatic hydroxyl groups excluding tert-OH is 3. The number of fused-ring (bicyclic) bond motifs is 1. The van der Waals surface area contributed by atoms with Crippen LogP contribution in [-0.2, 0) is 16.6 Å². The summed E-state index contributed by atoms with van der Waals surface area (Å²) in [6, 6.07) is 13.9. The monoisotopic (exact) mass is 492 g/mol. The first-order valence-electron chi connectivity index (χ1n) is 11.3. The van der Waals surface area contributed by atoms with E-state index in [0.29, 0.717) is 31.7 Å². The SMILES string of the molecule is COc1cccc(CN2C[C@@H](O)CNS(=O)(=O)c3ccccc3OCC3(C[C@@H](O)[C@@H](O)C3)C2)c1. The van der Waals surface area contributed by atoms with Crippen LogP contribution in [0.4, 0.5) is 0 Å². The van der Waals surface area contributed by atoms with Crippen molar-refractivity contribution in [3.05, 3.63) is 54.1 Å². The Morgan fingerprint density at radius 1 is 1.12 bits per heavy atom. The summed E-state index contributed by atoms with van der Waals surface area (Å²) in [5, 5.41) is 31.5. The van der Waals surface area contributed by atoms with Crippen LogP contribution in [0.3, 0.4) is 0 Å². The van der Waals surface area contributed by atoms with Crippen molar-refractivity contribution in [1.29, 1.82) is 0 Å². The standard InChI is InChI=1S/C24H32N2O7S/c1-32-19-6-4-5-17(9-19)13-26-14-18(27)12-25-34(30,31)23-8-3-2-7-22(23)33-16-24(15-26)10-20(28)21(29)11-24/h2-9,18,20-21,25,27-29H,10-16H2,1H3/t18-,20-,21+,24?/m0/s1. The summed E-state index contributed by atoms with van der Waals surface area (Å²) < 4.78 is 39.7. The summed E-state index contributed by atoms with van der Waals surface area (Å²) in [5.41, 5.74) is 0.320. The van der Waals surface area contributed by atoms with Crippen molar-refractivity contribution in [2.75, 3.05) is 33.4 Å². The minimum atomic E-state index is -3.91. The third kappa shape index (κ3) is 5.70. The Morgan fingerprint density at radius 2 is 1.85 bits per heavy atom. The molecule has 4 rings (SSSR count). The van der Waals surface area contributed by atoms with E-state index in [1.165, 1.54) is 6.07 Å². The number of para-hydroxylation sites is 1. The molecular formula is C24H32N2O7S. The molecule has 2 aromatic carbocycles. The Labute approximate surface area is 200 Å². The van der Waals surface area contributed by atoms with Crippen molar-refractivity contribution in [2.24, 2.45) is 5.41 Å². The first kappa shape index (κ1) is 24.9. The second-order valence-electron chi connectivity index (χ2n) is 9.31. The molecule has 0 saturated heterocycles. The first-order valence-corrected chi connectivity index (χ1v) is 12.8. The van der Waals surface area contributed by atoms with Gasteiger partial charge < -0.3 is 24.8 Å². The number of nitrogens with one attached hydrogen (secondary N) is 1. The molecular weight excluding hydrogens is 460 g/mol. The van der Waals surface area contributed by atoms with Gasteiger partial charge in [-0.25, -0.2) is 13.1 Å². The minimum absolute atomic E-state index is 0.00902. The fraction of sp³-hybridized carbons (Fsp3) is 0.500. The van der Waals surface area contributed by atoms with Gasteiger partial charge in [-0.1, -0.05) is 24.3 Å². The number of rotatable bonds is 3. The van der Waals surface area contributed by atoms with Crippen LogP contribution in [0.15, 0.2) is 53.4 Å². The lowest BCUT2D eigenvalue weighted by molar-refractivity contribution is 0.0427. The van der Waals surface area contributed by atoms with Gasteiger partial charge in [0.2, 0.25) is 10.0 Å². The van der Waals surface area contributed by atoms with Crippen LogP contribution in [0.5, 0.6) is 11.5 Å². The van der Waals surface area contributed by atoms with Crippen molar-refractivity contribution < 1.29 is 33.2 Å². The molecule has 2 aromatic rings. The molecule has 0 bridgehead atoms. The van der Waals surface area contributed by atoms with Crippen LogP contribution >= 0.6 is 0 Å². The molecule has 0 radical (unpaired) electrons. The van der Waals surface area contributed by atoms with E-state index in [-0.39, 0.29) is 30.3 Å². The highest BCUT2D eigenvalue weighted by Crippen LogP contribution is 2.41. The Hall–Kier alpha value is -2.21. The molecule has 4 N–H and O–H groups in total. The molecule has 1 aliphatic heterocycles. The van der Waals surface area contributed by atoms with Gasteiger partial charge in [-0.05, 0) is 42.7 Å². The lowest BCUT2D eigenvalue weighted by atomic mass is 9.85. The van der Waals surface area contributed by atoms with Crippen LogP contribution < -0.4 is 14.2 Å². The molecule has 2 aliphatic rings. The van der Waals surface area contributed by atoms with E-state index in [2.05, 4.69) is 4.72 Å². The average Bonchev–Trinajstić information content (AvgIpc) is 3.09. The second kappa shape index (κ2) is 10.2. The predicted octanol–water partition coefficient (Wildman–Crippen LogP) is 0.731. The smallest absolute Gasteiger partial charge is 0.244 e. The maximum atomic E-state index is 12.9. The third-order valence-electron chi connectivity index (χ3n) is 6.48. The van der Waals surface area contributed by atoms with Gasteiger partial charge in [0.1, 0.15) is 16.4 Å². The molecule has 34 heavy (non-hydrogen) atoms. The summed E-state index contributed by atoms with van der Waals surface area (Å²) in [4.78, 5) is 2.00. The number of nitrogens with zero attached hydrogens (tertiary/aromatic N) is 1. The molecule has 1 fully saturated rings. The van der Waals surface area contributed by atoms with E-state index in [9.17, 15) is 23.7 Å². The average molecular weight is 493 g/mol. The van der Waals surface area contributed by atoms with Crippen molar-refractivity contribution in [3.8, 4) is 11.5 Å². The quantitative estimate of drug-likeness (QED) is 0.494. The van der Waals surface area contributed by atoms with Crippen molar-refractivity contribution in [2.45, 2.75) is 42.6 Å². The lowest BCUT2D eigenvalue weighted by Gasteiger charge is -2.37. The number of ether oxygens (including phenoxy) is 2. The van der Waals surface area contributed by atoms with E-state index in [1.54, 1.807) is 25.3 Å². The van der Waals surface area contributed by atoms with Gasteiger partial charge in [0, 0.05) is 31.6 Å². The molecule has 1 unspecified atom stereocenters. The normalized spacial score (nSPS) is 30.1. The van der Waals surface area contributed by atoms with Gasteiger partial charge in [0.05, 0.1) is 32.0 Å².